The summed E-state index contributed by atoms with van der Waals surface area (Å²) in [6, 6.07) is 0. The summed E-state index contributed by atoms with van der Waals surface area (Å²) in [4.78, 5) is 11.5. The highest BCUT2D eigenvalue weighted by atomic mass is 16.3. The lowest BCUT2D eigenvalue weighted by Crippen LogP contribution is -2.48. The molecule has 0 aromatic rings. The van der Waals surface area contributed by atoms with Crippen LogP contribution in [0.5, 0.6) is 0 Å². The number of hydrogen-bond acceptors (Lipinski definition) is 3. The second-order valence-corrected chi connectivity index (χ2v) is 5.22. The molecule has 0 spiro atoms. The zero-order chi connectivity index (χ0) is 12.6. The van der Waals surface area contributed by atoms with Crippen molar-refractivity contribution >= 4 is 5.78 Å². The van der Waals surface area contributed by atoms with Crippen molar-refractivity contribution in [1.82, 2.24) is 0 Å². The molecular formula is C13H20O3. The van der Waals surface area contributed by atoms with Crippen LogP contribution in [0.15, 0.2) is 23.8 Å². The molecule has 2 N–H and O–H groups in total. The van der Waals surface area contributed by atoms with Crippen LogP contribution in [-0.2, 0) is 4.79 Å². The van der Waals surface area contributed by atoms with Crippen LogP contribution in [0, 0.1) is 5.41 Å². The van der Waals surface area contributed by atoms with Gasteiger partial charge in [0.15, 0.2) is 5.78 Å². The first kappa shape index (κ1) is 13.1. The molecule has 1 aliphatic rings. The van der Waals surface area contributed by atoms with Gasteiger partial charge in [-0.05, 0) is 31.6 Å². The molecule has 2 atom stereocenters. The van der Waals surface area contributed by atoms with E-state index in [4.69, 9.17) is 0 Å². The summed E-state index contributed by atoms with van der Waals surface area (Å²) < 4.78 is 0. The molecule has 0 bridgehead atoms. The van der Waals surface area contributed by atoms with Gasteiger partial charge in [-0.3, -0.25) is 4.79 Å². The van der Waals surface area contributed by atoms with Crippen LogP contribution in [0.1, 0.15) is 34.1 Å². The van der Waals surface area contributed by atoms with Gasteiger partial charge in [0.2, 0.25) is 0 Å². The molecule has 0 aromatic carbocycles. The van der Waals surface area contributed by atoms with Crippen LogP contribution < -0.4 is 0 Å². The van der Waals surface area contributed by atoms with E-state index in [1.807, 2.05) is 13.8 Å². The topological polar surface area (TPSA) is 57.5 Å². The van der Waals surface area contributed by atoms with Gasteiger partial charge in [0.1, 0.15) is 5.60 Å². The molecule has 0 aromatic heterocycles. The van der Waals surface area contributed by atoms with Crippen molar-refractivity contribution in [1.29, 1.82) is 0 Å². The quantitative estimate of drug-likeness (QED) is 0.700. The highest BCUT2D eigenvalue weighted by Crippen LogP contribution is 2.44. The first-order valence-electron chi connectivity index (χ1n) is 5.50. The fourth-order valence-electron chi connectivity index (χ4n) is 2.14. The number of aliphatic hydroxyl groups excluding tert-OH is 1. The van der Waals surface area contributed by atoms with Crippen molar-refractivity contribution in [2.45, 2.75) is 45.8 Å². The van der Waals surface area contributed by atoms with Gasteiger partial charge in [0.25, 0.3) is 0 Å². The molecule has 0 unspecified atom stereocenters. The van der Waals surface area contributed by atoms with E-state index < -0.39 is 17.1 Å². The molecule has 90 valence electrons. The monoisotopic (exact) mass is 224 g/mol. The normalized spacial score (nSPS) is 31.6. The lowest BCUT2D eigenvalue weighted by molar-refractivity contribution is -0.121. The Hall–Kier alpha value is -0.930. The number of rotatable bonds is 2. The maximum absolute atomic E-state index is 11.5. The number of allylic oxidation sites excluding steroid dienone is 1. The van der Waals surface area contributed by atoms with Crippen molar-refractivity contribution in [3.05, 3.63) is 23.8 Å². The molecule has 0 heterocycles. The fraction of sp³-hybridized carbons (Fsp3) is 0.615. The Morgan fingerprint density at radius 3 is 2.50 bits per heavy atom. The minimum absolute atomic E-state index is 0.0395. The first-order valence-corrected chi connectivity index (χ1v) is 5.50. The Labute approximate surface area is 96.5 Å². The summed E-state index contributed by atoms with van der Waals surface area (Å²) in [5, 5.41) is 19.8. The minimum atomic E-state index is -1.15. The van der Waals surface area contributed by atoms with E-state index in [1.165, 1.54) is 6.08 Å². The van der Waals surface area contributed by atoms with Crippen LogP contribution in [0.2, 0.25) is 0 Å². The van der Waals surface area contributed by atoms with E-state index in [-0.39, 0.29) is 5.78 Å². The van der Waals surface area contributed by atoms with Crippen LogP contribution in [-0.4, -0.2) is 27.7 Å². The molecule has 0 radical (unpaired) electrons. The standard InChI is InChI=1S/C13H20O3/c1-9-7-11(15)8-12(3,4)13(9,16)6-5-10(2)14/h5-7,10,14,16H,8H2,1-4H3/t10-,13-/m0/s1. The summed E-state index contributed by atoms with van der Waals surface area (Å²) >= 11 is 0. The third kappa shape index (κ3) is 2.25. The summed E-state index contributed by atoms with van der Waals surface area (Å²) in [5.41, 5.74) is -1.07. The lowest BCUT2D eigenvalue weighted by atomic mass is 9.64. The minimum Gasteiger partial charge on any atom is -0.389 e. The Morgan fingerprint density at radius 1 is 1.50 bits per heavy atom. The maximum atomic E-state index is 11.5. The first-order chi connectivity index (χ1) is 7.19. The van der Waals surface area contributed by atoms with Gasteiger partial charge in [0, 0.05) is 11.8 Å². The number of hydrogen-bond donors (Lipinski definition) is 2. The Morgan fingerprint density at radius 2 is 2.06 bits per heavy atom. The van der Waals surface area contributed by atoms with Crippen molar-refractivity contribution < 1.29 is 15.0 Å². The van der Waals surface area contributed by atoms with Crippen molar-refractivity contribution in [2.24, 2.45) is 5.41 Å². The molecule has 3 nitrogen and oxygen atoms in total. The Kier molecular flexibility index (Phi) is 3.41. The molecule has 0 fully saturated rings. The zero-order valence-electron chi connectivity index (χ0n) is 10.3. The van der Waals surface area contributed by atoms with Gasteiger partial charge >= 0.3 is 0 Å². The van der Waals surface area contributed by atoms with Gasteiger partial charge in [-0.15, -0.1) is 0 Å². The molecule has 0 amide bonds. The summed E-state index contributed by atoms with van der Waals surface area (Å²) in [6.45, 7) is 7.08. The fourth-order valence-corrected chi connectivity index (χ4v) is 2.14. The van der Waals surface area contributed by atoms with Crippen molar-refractivity contribution in [2.75, 3.05) is 0 Å². The van der Waals surface area contributed by atoms with Crippen LogP contribution in [0.4, 0.5) is 0 Å². The van der Waals surface area contributed by atoms with Gasteiger partial charge in [-0.1, -0.05) is 19.9 Å². The van der Waals surface area contributed by atoms with Crippen LogP contribution >= 0.6 is 0 Å². The Balaban J connectivity index is 3.16. The maximum Gasteiger partial charge on any atom is 0.156 e. The number of aliphatic hydroxyl groups is 2. The molecule has 1 aliphatic carbocycles. The molecule has 3 heteroatoms. The van der Waals surface area contributed by atoms with Crippen molar-refractivity contribution in [3.8, 4) is 0 Å². The van der Waals surface area contributed by atoms with E-state index in [0.717, 1.165) is 0 Å². The highest BCUT2D eigenvalue weighted by molar-refractivity contribution is 5.92. The van der Waals surface area contributed by atoms with Gasteiger partial charge < -0.3 is 10.2 Å². The summed E-state index contributed by atoms with van der Waals surface area (Å²) in [6.07, 6.45) is 4.33. The third-order valence-electron chi connectivity index (χ3n) is 3.24. The third-order valence-corrected chi connectivity index (χ3v) is 3.24. The molecule has 0 saturated heterocycles. The van der Waals surface area contributed by atoms with E-state index in [0.29, 0.717) is 12.0 Å². The lowest BCUT2D eigenvalue weighted by Gasteiger charge is -2.44. The average Bonchev–Trinajstić information content (AvgIpc) is 2.10. The van der Waals surface area contributed by atoms with Crippen LogP contribution in [0.25, 0.3) is 0 Å². The molecule has 1 rings (SSSR count). The molecule has 0 saturated carbocycles. The van der Waals surface area contributed by atoms with Crippen molar-refractivity contribution in [3.63, 3.8) is 0 Å². The SMILES string of the molecule is CC1=CC(=O)CC(C)(C)[C@]1(O)C=C[C@H](C)O. The summed E-state index contributed by atoms with van der Waals surface area (Å²) in [5.74, 6) is 0.0395. The van der Waals surface area contributed by atoms with E-state index in [1.54, 1.807) is 26.0 Å². The van der Waals surface area contributed by atoms with Gasteiger partial charge in [0.05, 0.1) is 6.10 Å². The zero-order valence-corrected chi connectivity index (χ0v) is 10.3. The van der Waals surface area contributed by atoms with Gasteiger partial charge in [-0.25, -0.2) is 0 Å². The average molecular weight is 224 g/mol. The highest BCUT2D eigenvalue weighted by Gasteiger charge is 2.46. The molecule has 16 heavy (non-hydrogen) atoms. The number of carbonyl (C=O) groups excluding carboxylic acids is 1. The largest absolute Gasteiger partial charge is 0.389 e. The molecular weight excluding hydrogens is 204 g/mol. The van der Waals surface area contributed by atoms with Gasteiger partial charge in [-0.2, -0.15) is 0 Å². The van der Waals surface area contributed by atoms with Crippen LogP contribution in [0.3, 0.4) is 0 Å². The predicted octanol–water partition coefficient (Wildman–Crippen LogP) is 1.60. The second kappa shape index (κ2) is 4.15. The molecule has 0 aliphatic heterocycles. The van der Waals surface area contributed by atoms with E-state index in [2.05, 4.69) is 0 Å². The Bertz CT molecular complexity index is 350. The smallest absolute Gasteiger partial charge is 0.156 e. The predicted molar refractivity (Wildman–Crippen MR) is 62.9 cm³/mol. The second-order valence-electron chi connectivity index (χ2n) is 5.22. The summed E-state index contributed by atoms with van der Waals surface area (Å²) in [7, 11) is 0. The number of ketones is 1. The van der Waals surface area contributed by atoms with E-state index >= 15 is 0 Å². The van der Waals surface area contributed by atoms with E-state index in [9.17, 15) is 15.0 Å². The number of carbonyl (C=O) groups is 1.